The minimum Gasteiger partial charge on any atom is -0.466 e. The molecule has 0 saturated heterocycles. The Bertz CT molecular complexity index is 1250. The van der Waals surface area contributed by atoms with E-state index in [4.69, 9.17) is 4.74 Å². The first kappa shape index (κ1) is 75.1. The van der Waals surface area contributed by atoms with Crippen LogP contribution in [-0.4, -0.2) is 47.4 Å². The van der Waals surface area contributed by atoms with Crippen molar-refractivity contribution < 1.29 is 24.5 Å². The summed E-state index contributed by atoms with van der Waals surface area (Å²) in [6.45, 7) is 4.93. The van der Waals surface area contributed by atoms with Crippen LogP contribution in [0, 0.1) is 0 Å². The first-order valence-corrected chi connectivity index (χ1v) is 34.8. The molecule has 0 aliphatic carbocycles. The van der Waals surface area contributed by atoms with Crippen molar-refractivity contribution in [1.82, 2.24) is 5.32 Å². The number of carbonyl (C=O) groups excluding carboxylic acids is 2. The number of ether oxygens (including phenoxy) is 1. The molecule has 2 unspecified atom stereocenters. The topological polar surface area (TPSA) is 95.9 Å². The van der Waals surface area contributed by atoms with Gasteiger partial charge < -0.3 is 20.3 Å². The molecule has 0 aliphatic rings. The van der Waals surface area contributed by atoms with Crippen LogP contribution in [0.5, 0.6) is 0 Å². The molecule has 6 heteroatoms. The average molecular weight is 1080 g/mol. The fourth-order valence-electron chi connectivity index (χ4n) is 10.8. The number of rotatable bonds is 65. The van der Waals surface area contributed by atoms with Crippen LogP contribution in [-0.2, 0) is 14.3 Å². The number of aliphatic hydroxyl groups is 2. The van der Waals surface area contributed by atoms with Crippen LogP contribution in [0.25, 0.3) is 0 Å². The zero-order chi connectivity index (χ0) is 55.7. The summed E-state index contributed by atoms with van der Waals surface area (Å²) < 4.78 is 5.50. The van der Waals surface area contributed by atoms with Gasteiger partial charge in [-0.15, -0.1) is 0 Å². The normalized spacial score (nSPS) is 12.7. The minimum absolute atomic E-state index is 0.0101. The second-order valence-electron chi connectivity index (χ2n) is 23.9. The molecule has 0 aromatic heterocycles. The maximum absolute atomic E-state index is 12.5. The summed E-state index contributed by atoms with van der Waals surface area (Å²) >= 11 is 0. The van der Waals surface area contributed by atoms with Gasteiger partial charge >= 0.3 is 5.97 Å². The van der Waals surface area contributed by atoms with Gasteiger partial charge in [-0.2, -0.15) is 0 Å². The molecular weight excluding hydrogens is 947 g/mol. The second-order valence-corrected chi connectivity index (χ2v) is 23.9. The van der Waals surface area contributed by atoms with Crippen molar-refractivity contribution in [2.75, 3.05) is 13.2 Å². The molecule has 0 heterocycles. The summed E-state index contributed by atoms with van der Waals surface area (Å²) in [4.78, 5) is 24.6. The van der Waals surface area contributed by atoms with Crippen molar-refractivity contribution in [1.29, 1.82) is 0 Å². The van der Waals surface area contributed by atoms with E-state index in [0.29, 0.717) is 19.4 Å². The minimum atomic E-state index is -0.847. The smallest absolute Gasteiger partial charge is 0.305 e. The van der Waals surface area contributed by atoms with Gasteiger partial charge in [0, 0.05) is 12.8 Å². The number of aliphatic hydroxyl groups excluding tert-OH is 2. The maximum atomic E-state index is 12.5. The van der Waals surface area contributed by atoms with E-state index < -0.39 is 12.1 Å². The van der Waals surface area contributed by atoms with E-state index in [2.05, 4.69) is 43.5 Å². The Balaban J connectivity index is 3.41. The zero-order valence-electron chi connectivity index (χ0n) is 52.0. The second kappa shape index (κ2) is 66.6. The summed E-state index contributed by atoms with van der Waals surface area (Å²) in [6.07, 6.45) is 85.0. The highest BCUT2D eigenvalue weighted by molar-refractivity contribution is 5.76. The quantitative estimate of drug-likeness (QED) is 0.0320. The van der Waals surface area contributed by atoms with Crippen molar-refractivity contribution in [3.8, 4) is 0 Å². The Morgan fingerprint density at radius 1 is 0.351 bits per heavy atom. The highest BCUT2D eigenvalue weighted by atomic mass is 16.5. The largest absolute Gasteiger partial charge is 0.466 e. The molecule has 77 heavy (non-hydrogen) atoms. The number of carbonyl (C=O) groups is 2. The number of hydrogen-bond acceptors (Lipinski definition) is 5. The summed E-state index contributed by atoms with van der Waals surface area (Å²) in [7, 11) is 0. The predicted molar refractivity (Wildman–Crippen MR) is 338 cm³/mol. The maximum Gasteiger partial charge on any atom is 0.305 e. The van der Waals surface area contributed by atoms with Gasteiger partial charge in [0.2, 0.25) is 5.91 Å². The molecule has 0 fully saturated rings. The van der Waals surface area contributed by atoms with Gasteiger partial charge in [-0.25, -0.2) is 0 Å². The Kier molecular flexibility index (Phi) is 64.9. The molecule has 0 rings (SSSR count). The van der Waals surface area contributed by atoms with Gasteiger partial charge in [0.1, 0.15) is 0 Å². The van der Waals surface area contributed by atoms with Crippen LogP contribution < -0.4 is 5.32 Å². The van der Waals surface area contributed by atoms with Crippen molar-refractivity contribution in [2.45, 2.75) is 392 Å². The van der Waals surface area contributed by atoms with Crippen molar-refractivity contribution in [3.63, 3.8) is 0 Å². The van der Waals surface area contributed by atoms with Crippen molar-refractivity contribution in [2.24, 2.45) is 0 Å². The number of amides is 1. The van der Waals surface area contributed by atoms with E-state index in [1.807, 2.05) is 6.08 Å². The van der Waals surface area contributed by atoms with Gasteiger partial charge in [-0.3, -0.25) is 9.59 Å². The van der Waals surface area contributed by atoms with Crippen LogP contribution >= 0.6 is 0 Å². The first-order chi connectivity index (χ1) is 38.0. The molecule has 3 N–H and O–H groups in total. The lowest BCUT2D eigenvalue weighted by Crippen LogP contribution is -2.45. The highest BCUT2D eigenvalue weighted by Gasteiger charge is 2.18. The molecule has 0 aromatic carbocycles. The third-order valence-corrected chi connectivity index (χ3v) is 16.1. The standard InChI is InChI=1S/C71H135NO5/c1-3-5-7-9-11-13-15-17-19-21-32-35-39-43-47-51-55-59-63-69(74)68(67-73)72-70(75)64-60-56-52-48-44-40-36-33-29-27-25-23-22-24-26-28-30-34-38-42-46-50-54-58-62-66-77-71(76)65-61-57-53-49-45-41-37-31-20-18-16-14-12-10-8-6-4-2/h18,20,23,25,59,63,68-69,73-74H,3-17,19,21-22,24,26-58,60-62,64-67H2,1-2H3,(H,72,75)/b20-18-,25-23-,63-59+. The summed E-state index contributed by atoms with van der Waals surface area (Å²) in [5.41, 5.74) is 0. The van der Waals surface area contributed by atoms with Crippen LogP contribution in [0.2, 0.25) is 0 Å². The van der Waals surface area contributed by atoms with E-state index >= 15 is 0 Å². The Labute approximate surface area is 481 Å². The molecule has 454 valence electrons. The number of hydrogen-bond donors (Lipinski definition) is 3. The lowest BCUT2D eigenvalue weighted by atomic mass is 10.0. The zero-order valence-corrected chi connectivity index (χ0v) is 52.0. The molecule has 0 aliphatic heterocycles. The SMILES string of the molecule is CCCCCCCC/C=C\CCCCCCCCCC(=O)OCCCCCCCCCCCCCC/C=C\CCCCCCCCCCCC(=O)NC(CO)C(O)/C=C/CCCCCCCCCCCCCCCCCC. The van der Waals surface area contributed by atoms with Crippen LogP contribution in [0.15, 0.2) is 36.5 Å². The van der Waals surface area contributed by atoms with Crippen LogP contribution in [0.3, 0.4) is 0 Å². The number of allylic oxidation sites excluding steroid dienone is 5. The van der Waals surface area contributed by atoms with E-state index in [9.17, 15) is 19.8 Å². The third-order valence-electron chi connectivity index (χ3n) is 16.1. The Hall–Kier alpha value is -1.92. The fraction of sp³-hybridized carbons (Fsp3) is 0.887. The van der Waals surface area contributed by atoms with Crippen LogP contribution in [0.1, 0.15) is 380 Å². The van der Waals surface area contributed by atoms with Gasteiger partial charge in [-0.1, -0.05) is 320 Å². The molecule has 2 atom stereocenters. The number of nitrogens with one attached hydrogen (secondary N) is 1. The molecule has 0 saturated carbocycles. The molecule has 1 amide bonds. The first-order valence-electron chi connectivity index (χ1n) is 34.8. The Morgan fingerprint density at radius 3 is 0.922 bits per heavy atom. The lowest BCUT2D eigenvalue weighted by Gasteiger charge is -2.20. The fourth-order valence-corrected chi connectivity index (χ4v) is 10.8. The van der Waals surface area contributed by atoms with Gasteiger partial charge in [0.05, 0.1) is 25.4 Å². The van der Waals surface area contributed by atoms with Crippen LogP contribution in [0.4, 0.5) is 0 Å². The molecular formula is C71H135NO5. The summed E-state index contributed by atoms with van der Waals surface area (Å²) in [5, 5.41) is 23.2. The third kappa shape index (κ3) is 63.1. The van der Waals surface area contributed by atoms with E-state index in [1.54, 1.807) is 6.08 Å². The predicted octanol–water partition coefficient (Wildman–Crippen LogP) is 22.3. The molecule has 0 aromatic rings. The van der Waals surface area contributed by atoms with Crippen molar-refractivity contribution in [3.05, 3.63) is 36.5 Å². The molecule has 0 radical (unpaired) electrons. The monoisotopic (exact) mass is 1080 g/mol. The Morgan fingerprint density at radius 2 is 0.610 bits per heavy atom. The highest BCUT2D eigenvalue weighted by Crippen LogP contribution is 2.18. The summed E-state index contributed by atoms with van der Waals surface area (Å²) in [5.74, 6) is -0.0583. The van der Waals surface area contributed by atoms with Gasteiger partial charge in [0.25, 0.3) is 0 Å². The lowest BCUT2D eigenvalue weighted by molar-refractivity contribution is -0.143. The van der Waals surface area contributed by atoms with Gasteiger partial charge in [0.15, 0.2) is 0 Å². The molecule has 0 bridgehead atoms. The van der Waals surface area contributed by atoms with Crippen molar-refractivity contribution >= 4 is 11.9 Å². The summed E-state index contributed by atoms with van der Waals surface area (Å²) in [6, 6.07) is -0.631. The number of unbranched alkanes of at least 4 members (excludes halogenated alkanes) is 50. The van der Waals surface area contributed by atoms with E-state index in [1.165, 1.54) is 308 Å². The molecule has 6 nitrogen and oxygen atoms in total. The molecule has 0 spiro atoms. The average Bonchev–Trinajstić information content (AvgIpc) is 3.43. The van der Waals surface area contributed by atoms with E-state index in [0.717, 1.165) is 44.9 Å². The van der Waals surface area contributed by atoms with E-state index in [-0.39, 0.29) is 18.5 Å². The number of esters is 1. The van der Waals surface area contributed by atoms with Gasteiger partial charge in [-0.05, 0) is 83.5 Å².